The van der Waals surface area contributed by atoms with Gasteiger partial charge in [-0.05, 0) is 43.7 Å². The summed E-state index contributed by atoms with van der Waals surface area (Å²) in [7, 11) is 2.88. The second-order valence-corrected chi connectivity index (χ2v) is 5.40. The number of hydrogen-bond acceptors (Lipinski definition) is 5. The zero-order chi connectivity index (χ0) is 18.4. The van der Waals surface area contributed by atoms with Gasteiger partial charge in [0.25, 0.3) is 5.91 Å². The third-order valence-corrected chi connectivity index (χ3v) is 3.72. The van der Waals surface area contributed by atoms with Gasteiger partial charge in [0.05, 0.1) is 19.8 Å². The molecule has 1 atom stereocenters. The zero-order valence-corrected chi connectivity index (χ0v) is 14.7. The first-order valence-electron chi connectivity index (χ1n) is 7.75. The number of rotatable bonds is 6. The lowest BCUT2D eigenvalue weighted by Gasteiger charge is -2.17. The van der Waals surface area contributed by atoms with Gasteiger partial charge in [0.2, 0.25) is 0 Å². The largest absolute Gasteiger partial charge is 0.497 e. The van der Waals surface area contributed by atoms with Gasteiger partial charge in [-0.1, -0.05) is 12.1 Å². The highest BCUT2D eigenvalue weighted by Crippen LogP contribution is 2.22. The van der Waals surface area contributed by atoms with Crippen LogP contribution in [0.2, 0.25) is 0 Å². The summed E-state index contributed by atoms with van der Waals surface area (Å²) in [6.07, 6.45) is -0.728. The van der Waals surface area contributed by atoms with Crippen LogP contribution in [0.5, 0.6) is 11.5 Å². The summed E-state index contributed by atoms with van der Waals surface area (Å²) < 4.78 is 15.5. The quantitative estimate of drug-likeness (QED) is 0.816. The van der Waals surface area contributed by atoms with Crippen LogP contribution in [0.25, 0.3) is 0 Å². The maximum absolute atomic E-state index is 12.4. The first-order valence-corrected chi connectivity index (χ1v) is 7.75. The monoisotopic (exact) mass is 343 g/mol. The number of methoxy groups -OCH3 is 2. The fraction of sp³-hybridized carbons (Fsp3) is 0.263. The first kappa shape index (κ1) is 18.3. The van der Waals surface area contributed by atoms with Gasteiger partial charge >= 0.3 is 5.97 Å². The van der Waals surface area contributed by atoms with Crippen molar-refractivity contribution < 1.29 is 23.8 Å². The standard InChI is InChI=1S/C19H21NO5/c1-12-16(19(22)24-4)9-6-10-17(12)20-18(21)13(2)25-15-8-5-7-14(11-15)23-3/h5-11,13H,1-4H3,(H,20,21). The summed E-state index contributed by atoms with van der Waals surface area (Å²) in [6.45, 7) is 3.39. The Labute approximate surface area is 146 Å². The number of carbonyl (C=O) groups excluding carboxylic acids is 2. The molecule has 0 saturated heterocycles. The highest BCUT2D eigenvalue weighted by molar-refractivity contribution is 5.98. The molecule has 0 aliphatic rings. The van der Waals surface area contributed by atoms with Crippen LogP contribution in [-0.2, 0) is 9.53 Å². The molecule has 0 heterocycles. The molecular weight excluding hydrogens is 322 g/mol. The molecule has 0 fully saturated rings. The number of nitrogens with one attached hydrogen (secondary N) is 1. The van der Waals surface area contributed by atoms with Crippen molar-refractivity contribution in [1.29, 1.82) is 0 Å². The molecule has 25 heavy (non-hydrogen) atoms. The van der Waals surface area contributed by atoms with E-state index in [4.69, 9.17) is 14.2 Å². The molecule has 0 spiro atoms. The molecule has 1 amide bonds. The molecule has 6 nitrogen and oxygen atoms in total. The van der Waals surface area contributed by atoms with Gasteiger partial charge in [-0.15, -0.1) is 0 Å². The summed E-state index contributed by atoms with van der Waals surface area (Å²) in [5.41, 5.74) is 1.58. The van der Waals surface area contributed by atoms with E-state index in [1.807, 2.05) is 0 Å². The van der Waals surface area contributed by atoms with E-state index in [0.717, 1.165) is 0 Å². The molecule has 2 aromatic rings. The summed E-state index contributed by atoms with van der Waals surface area (Å²) >= 11 is 0. The number of benzene rings is 2. The fourth-order valence-corrected chi connectivity index (χ4v) is 2.27. The highest BCUT2D eigenvalue weighted by atomic mass is 16.5. The van der Waals surface area contributed by atoms with Gasteiger partial charge in [0, 0.05) is 11.8 Å². The van der Waals surface area contributed by atoms with Gasteiger partial charge in [-0.25, -0.2) is 4.79 Å². The Hall–Kier alpha value is -3.02. The Morgan fingerprint density at radius 2 is 1.72 bits per heavy atom. The van der Waals surface area contributed by atoms with Crippen LogP contribution in [0, 0.1) is 6.92 Å². The smallest absolute Gasteiger partial charge is 0.338 e. The van der Waals surface area contributed by atoms with Gasteiger partial charge < -0.3 is 19.5 Å². The molecule has 6 heteroatoms. The topological polar surface area (TPSA) is 73.9 Å². The van der Waals surface area contributed by atoms with Gasteiger partial charge in [0.1, 0.15) is 11.5 Å². The number of ether oxygens (including phenoxy) is 3. The second-order valence-electron chi connectivity index (χ2n) is 5.40. The molecule has 132 valence electrons. The summed E-state index contributed by atoms with van der Waals surface area (Å²) in [5.74, 6) is 0.399. The minimum atomic E-state index is -0.728. The minimum absolute atomic E-state index is 0.326. The SMILES string of the molecule is COC(=O)c1cccc(NC(=O)C(C)Oc2cccc(OC)c2)c1C. The maximum Gasteiger partial charge on any atom is 0.338 e. The van der Waals surface area contributed by atoms with Crippen molar-refractivity contribution in [2.75, 3.05) is 19.5 Å². The molecular formula is C19H21NO5. The molecule has 2 rings (SSSR count). The second kappa shape index (κ2) is 8.19. The van der Waals surface area contributed by atoms with E-state index in [0.29, 0.717) is 28.3 Å². The minimum Gasteiger partial charge on any atom is -0.497 e. The average molecular weight is 343 g/mol. The van der Waals surface area contributed by atoms with Crippen molar-refractivity contribution in [1.82, 2.24) is 0 Å². The predicted molar refractivity (Wildman–Crippen MR) is 94.2 cm³/mol. The number of esters is 1. The van der Waals surface area contributed by atoms with E-state index < -0.39 is 12.1 Å². The lowest BCUT2D eigenvalue weighted by atomic mass is 10.1. The molecule has 0 aliphatic heterocycles. The summed E-state index contributed by atoms with van der Waals surface area (Å²) in [6, 6.07) is 12.1. The highest BCUT2D eigenvalue weighted by Gasteiger charge is 2.18. The zero-order valence-electron chi connectivity index (χ0n) is 14.7. The van der Waals surface area contributed by atoms with Gasteiger partial charge in [-0.2, -0.15) is 0 Å². The molecule has 1 N–H and O–H groups in total. The molecule has 0 saturated carbocycles. The van der Waals surface area contributed by atoms with E-state index in [-0.39, 0.29) is 5.91 Å². The van der Waals surface area contributed by atoms with Crippen LogP contribution in [0.3, 0.4) is 0 Å². The maximum atomic E-state index is 12.4. The fourth-order valence-electron chi connectivity index (χ4n) is 2.27. The van der Waals surface area contributed by atoms with E-state index >= 15 is 0 Å². The molecule has 0 aliphatic carbocycles. The average Bonchev–Trinajstić information content (AvgIpc) is 2.62. The molecule has 1 unspecified atom stereocenters. The molecule has 0 bridgehead atoms. The first-order chi connectivity index (χ1) is 12.0. The van der Waals surface area contributed by atoms with Crippen molar-refractivity contribution >= 4 is 17.6 Å². The Bertz CT molecular complexity index is 772. The van der Waals surface area contributed by atoms with Crippen LogP contribution in [-0.4, -0.2) is 32.2 Å². The third-order valence-electron chi connectivity index (χ3n) is 3.72. The van der Waals surface area contributed by atoms with Crippen molar-refractivity contribution in [3.8, 4) is 11.5 Å². The number of carbonyl (C=O) groups is 2. The normalized spacial score (nSPS) is 11.4. The Kier molecular flexibility index (Phi) is 6.00. The molecule has 2 aromatic carbocycles. The van der Waals surface area contributed by atoms with E-state index in [9.17, 15) is 9.59 Å². The Morgan fingerprint density at radius 3 is 2.40 bits per heavy atom. The lowest BCUT2D eigenvalue weighted by Crippen LogP contribution is -2.30. The number of anilines is 1. The molecule has 0 aromatic heterocycles. The van der Waals surface area contributed by atoms with Crippen molar-refractivity contribution in [3.05, 3.63) is 53.6 Å². The van der Waals surface area contributed by atoms with Crippen molar-refractivity contribution in [2.45, 2.75) is 20.0 Å². The van der Waals surface area contributed by atoms with Gasteiger partial charge in [0.15, 0.2) is 6.10 Å². The summed E-state index contributed by atoms with van der Waals surface area (Å²) in [4.78, 5) is 24.1. The van der Waals surface area contributed by atoms with Crippen LogP contribution in [0.4, 0.5) is 5.69 Å². The van der Waals surface area contributed by atoms with Crippen molar-refractivity contribution in [3.63, 3.8) is 0 Å². The number of hydrogen-bond donors (Lipinski definition) is 1. The number of amides is 1. The van der Waals surface area contributed by atoms with E-state index in [2.05, 4.69) is 5.32 Å². The lowest BCUT2D eigenvalue weighted by molar-refractivity contribution is -0.122. The van der Waals surface area contributed by atoms with E-state index in [1.165, 1.54) is 7.11 Å². The third kappa shape index (κ3) is 4.50. The van der Waals surface area contributed by atoms with Crippen LogP contribution < -0.4 is 14.8 Å². The van der Waals surface area contributed by atoms with Crippen molar-refractivity contribution in [2.24, 2.45) is 0 Å². The molecule has 0 radical (unpaired) electrons. The van der Waals surface area contributed by atoms with Gasteiger partial charge in [-0.3, -0.25) is 4.79 Å². The Balaban J connectivity index is 2.09. The summed E-state index contributed by atoms with van der Waals surface area (Å²) in [5, 5.41) is 2.78. The van der Waals surface area contributed by atoms with E-state index in [1.54, 1.807) is 63.4 Å². The Morgan fingerprint density at radius 1 is 1.04 bits per heavy atom. The van der Waals surface area contributed by atoms with Crippen LogP contribution in [0.1, 0.15) is 22.8 Å². The predicted octanol–water partition coefficient (Wildman–Crippen LogP) is 3.20. The van der Waals surface area contributed by atoms with Crippen LogP contribution >= 0.6 is 0 Å². The van der Waals surface area contributed by atoms with Crippen LogP contribution in [0.15, 0.2) is 42.5 Å².